The Morgan fingerprint density at radius 1 is 0.533 bits per heavy atom. The normalized spacial score (nSPS) is 15.5. The monoisotopic (exact) mass is 628 g/mol. The third kappa shape index (κ3) is 12.7. The molecule has 0 saturated heterocycles. The first kappa shape index (κ1) is 37.5. The van der Waals surface area contributed by atoms with Crippen molar-refractivity contribution >= 4 is 11.9 Å². The fourth-order valence-electron chi connectivity index (χ4n) is 4.21. The van der Waals surface area contributed by atoms with E-state index in [1.54, 1.807) is 55.4 Å². The molecule has 0 bridgehead atoms. The van der Waals surface area contributed by atoms with E-state index in [4.69, 9.17) is 37.9 Å². The molecule has 0 spiro atoms. The van der Waals surface area contributed by atoms with Gasteiger partial charge >= 0.3 is 11.9 Å². The Hall–Kier alpha value is -3.70. The molecule has 0 radical (unpaired) electrons. The lowest BCUT2D eigenvalue weighted by Gasteiger charge is -2.27. The van der Waals surface area contributed by atoms with Crippen LogP contribution in [0.4, 0.5) is 0 Å². The SMILES string of the molecule is C=C(C)C(=O)OC(C)OC(C)Oc1ccc(C(C)(C)c2ccc(OC(C)OC(C)OC(C)OC(C)OC(=O)C(=C)C)cc2)cc1. The Bertz CT molecular complexity index is 1270. The first-order chi connectivity index (χ1) is 21.0. The van der Waals surface area contributed by atoms with Gasteiger partial charge in [-0.3, -0.25) is 0 Å². The summed E-state index contributed by atoms with van der Waals surface area (Å²) < 4.78 is 44.6. The zero-order valence-electron chi connectivity index (χ0n) is 28.1. The van der Waals surface area contributed by atoms with E-state index in [1.165, 1.54) is 0 Å². The van der Waals surface area contributed by atoms with Gasteiger partial charge in [0.05, 0.1) is 0 Å². The predicted octanol–water partition coefficient (Wildman–Crippen LogP) is 7.15. The Labute approximate surface area is 267 Å². The maximum atomic E-state index is 11.7. The van der Waals surface area contributed by atoms with Crippen molar-refractivity contribution in [2.45, 2.75) is 112 Å². The predicted molar refractivity (Wildman–Crippen MR) is 169 cm³/mol. The highest BCUT2D eigenvalue weighted by atomic mass is 16.8. The fourth-order valence-corrected chi connectivity index (χ4v) is 4.21. The average molecular weight is 629 g/mol. The summed E-state index contributed by atoms with van der Waals surface area (Å²) in [5.41, 5.74) is 2.46. The average Bonchev–Trinajstić information content (AvgIpc) is 2.92. The van der Waals surface area contributed by atoms with Gasteiger partial charge in [-0.15, -0.1) is 0 Å². The number of carbonyl (C=O) groups excluding carboxylic acids is 2. The molecule has 6 unspecified atom stereocenters. The summed E-state index contributed by atoms with van der Waals surface area (Å²) in [6.07, 6.45) is -4.17. The van der Waals surface area contributed by atoms with Crippen LogP contribution < -0.4 is 9.47 Å². The Morgan fingerprint density at radius 3 is 1.16 bits per heavy atom. The highest BCUT2D eigenvalue weighted by Crippen LogP contribution is 2.33. The third-order valence-electron chi connectivity index (χ3n) is 6.53. The van der Waals surface area contributed by atoms with E-state index in [-0.39, 0.29) is 11.0 Å². The second-order valence-electron chi connectivity index (χ2n) is 11.2. The minimum Gasteiger partial charge on any atom is -0.465 e. The molecule has 0 N–H and O–H groups in total. The van der Waals surface area contributed by atoms with E-state index in [1.807, 2.05) is 48.5 Å². The smallest absolute Gasteiger partial charge is 0.335 e. The summed E-state index contributed by atoms with van der Waals surface area (Å²) in [6.45, 7) is 24.6. The standard InChI is InChI=1S/C35H48O10/c1-21(2)33(36)44-27(9)40-24(6)38-23(5)39-25(7)42-31-17-13-29(14-18-31)35(11,12)30-15-19-32(20-16-30)43-26(8)41-28(10)45-34(37)22(3)4/h13-20,23-28H,1,3H2,2,4-12H3. The van der Waals surface area contributed by atoms with Crippen molar-refractivity contribution in [1.82, 2.24) is 0 Å². The van der Waals surface area contributed by atoms with E-state index in [0.29, 0.717) is 17.1 Å². The molecule has 2 aromatic carbocycles. The number of hydrogen-bond acceptors (Lipinski definition) is 10. The van der Waals surface area contributed by atoms with Crippen molar-refractivity contribution in [2.75, 3.05) is 0 Å². The van der Waals surface area contributed by atoms with Crippen LogP contribution in [-0.4, -0.2) is 49.7 Å². The molecule has 248 valence electrons. The van der Waals surface area contributed by atoms with Crippen molar-refractivity contribution < 1.29 is 47.5 Å². The van der Waals surface area contributed by atoms with Gasteiger partial charge in [0, 0.05) is 16.6 Å². The quantitative estimate of drug-likeness (QED) is 0.0959. The molecule has 10 heteroatoms. The van der Waals surface area contributed by atoms with Crippen LogP contribution in [0.1, 0.15) is 80.4 Å². The molecule has 6 atom stereocenters. The van der Waals surface area contributed by atoms with Crippen LogP contribution in [0.2, 0.25) is 0 Å². The summed E-state index contributed by atoms with van der Waals surface area (Å²) >= 11 is 0. The van der Waals surface area contributed by atoms with E-state index < -0.39 is 49.7 Å². The third-order valence-corrected chi connectivity index (χ3v) is 6.53. The van der Waals surface area contributed by atoms with E-state index in [0.717, 1.165) is 11.1 Å². The molecule has 0 amide bonds. The molecule has 2 aromatic rings. The lowest BCUT2D eigenvalue weighted by atomic mass is 9.78. The van der Waals surface area contributed by atoms with Gasteiger partial charge in [-0.05, 0) is 90.8 Å². The number of carbonyl (C=O) groups is 2. The largest absolute Gasteiger partial charge is 0.465 e. The Kier molecular flexibility index (Phi) is 14.3. The number of benzene rings is 2. The first-order valence-corrected chi connectivity index (χ1v) is 14.9. The number of rotatable bonds is 18. The molecule has 2 rings (SSSR count). The molecule has 0 aromatic heterocycles. The maximum absolute atomic E-state index is 11.7. The van der Waals surface area contributed by atoms with E-state index >= 15 is 0 Å². The van der Waals surface area contributed by atoms with Crippen molar-refractivity contribution in [3.8, 4) is 11.5 Å². The number of esters is 2. The highest BCUT2D eigenvalue weighted by Gasteiger charge is 2.24. The zero-order chi connectivity index (χ0) is 33.9. The summed E-state index contributed by atoms with van der Waals surface area (Å²) in [6, 6.07) is 15.6. The maximum Gasteiger partial charge on any atom is 0.335 e. The number of hydrogen-bond donors (Lipinski definition) is 0. The zero-order valence-corrected chi connectivity index (χ0v) is 28.1. The molecule has 0 saturated carbocycles. The highest BCUT2D eigenvalue weighted by molar-refractivity contribution is 5.87. The molecular weight excluding hydrogens is 580 g/mol. The second kappa shape index (κ2) is 17.1. The summed E-state index contributed by atoms with van der Waals surface area (Å²) in [5, 5.41) is 0. The van der Waals surface area contributed by atoms with Crippen LogP contribution in [-0.2, 0) is 43.4 Å². The molecule has 0 heterocycles. The minimum absolute atomic E-state index is 0.285. The van der Waals surface area contributed by atoms with Crippen molar-refractivity contribution in [3.05, 3.63) is 84.0 Å². The molecule has 0 fully saturated rings. The van der Waals surface area contributed by atoms with Gasteiger partial charge in [-0.2, -0.15) is 0 Å². The fraction of sp³-hybridized carbons (Fsp3) is 0.486. The van der Waals surface area contributed by atoms with Crippen molar-refractivity contribution in [2.24, 2.45) is 0 Å². The molecular formula is C35H48O10. The van der Waals surface area contributed by atoms with Gasteiger partial charge in [-0.25, -0.2) is 9.59 Å². The number of ether oxygens (including phenoxy) is 8. The summed E-state index contributed by atoms with van der Waals surface area (Å²) in [4.78, 5) is 23.3. The molecule has 0 aliphatic rings. The van der Waals surface area contributed by atoms with Gasteiger partial charge in [0.1, 0.15) is 11.5 Å². The van der Waals surface area contributed by atoms with Crippen LogP contribution in [0.15, 0.2) is 72.8 Å². The Balaban J connectivity index is 1.88. The van der Waals surface area contributed by atoms with Gasteiger partial charge in [-0.1, -0.05) is 51.3 Å². The topological polar surface area (TPSA) is 108 Å². The van der Waals surface area contributed by atoms with Crippen molar-refractivity contribution in [3.63, 3.8) is 0 Å². The minimum atomic E-state index is -0.808. The lowest BCUT2D eigenvalue weighted by Crippen LogP contribution is -2.31. The Morgan fingerprint density at radius 2 is 0.822 bits per heavy atom. The van der Waals surface area contributed by atoms with Crippen LogP contribution >= 0.6 is 0 Å². The van der Waals surface area contributed by atoms with Gasteiger partial charge in [0.2, 0.25) is 18.9 Å². The van der Waals surface area contributed by atoms with Gasteiger partial charge in [0.15, 0.2) is 18.9 Å². The van der Waals surface area contributed by atoms with Crippen LogP contribution in [0.3, 0.4) is 0 Å². The van der Waals surface area contributed by atoms with Gasteiger partial charge in [0.25, 0.3) is 0 Å². The van der Waals surface area contributed by atoms with Crippen LogP contribution in [0.25, 0.3) is 0 Å². The second-order valence-corrected chi connectivity index (χ2v) is 11.2. The van der Waals surface area contributed by atoms with Gasteiger partial charge < -0.3 is 37.9 Å². The van der Waals surface area contributed by atoms with E-state index in [2.05, 4.69) is 27.0 Å². The lowest BCUT2D eigenvalue weighted by molar-refractivity contribution is -0.293. The molecule has 45 heavy (non-hydrogen) atoms. The molecule has 10 nitrogen and oxygen atoms in total. The summed E-state index contributed by atoms with van der Waals surface area (Å²) in [7, 11) is 0. The molecule has 0 aliphatic heterocycles. The summed E-state index contributed by atoms with van der Waals surface area (Å²) in [5.74, 6) is 0.210. The van der Waals surface area contributed by atoms with Crippen molar-refractivity contribution in [1.29, 1.82) is 0 Å². The molecule has 0 aliphatic carbocycles. The first-order valence-electron chi connectivity index (χ1n) is 14.9. The van der Waals surface area contributed by atoms with Crippen LogP contribution in [0.5, 0.6) is 11.5 Å². The van der Waals surface area contributed by atoms with Crippen LogP contribution in [0, 0.1) is 0 Å². The van der Waals surface area contributed by atoms with E-state index in [9.17, 15) is 9.59 Å².